The Hall–Kier alpha value is -1.76. The topological polar surface area (TPSA) is 61.5 Å². The summed E-state index contributed by atoms with van der Waals surface area (Å²) in [6.45, 7) is 3.53. The first-order valence-corrected chi connectivity index (χ1v) is 6.42. The Morgan fingerprint density at radius 1 is 1.24 bits per heavy atom. The lowest BCUT2D eigenvalue weighted by Gasteiger charge is -2.25. The van der Waals surface area contributed by atoms with E-state index >= 15 is 0 Å². The number of carbonyl (C=O) groups is 1. The summed E-state index contributed by atoms with van der Waals surface area (Å²) in [6.07, 6.45) is -6.71. The largest absolute Gasteiger partial charge is 0.477 e. The van der Waals surface area contributed by atoms with Gasteiger partial charge in [0.2, 0.25) is 6.10 Å². The molecule has 0 radical (unpaired) electrons. The summed E-state index contributed by atoms with van der Waals surface area (Å²) >= 11 is 0. The lowest BCUT2D eigenvalue weighted by Crippen LogP contribution is -2.54. The minimum atomic E-state index is -4.77. The summed E-state index contributed by atoms with van der Waals surface area (Å²) in [5, 5.41) is 0. The first-order chi connectivity index (χ1) is 9.71. The highest BCUT2D eigenvalue weighted by atomic mass is 19.4. The predicted octanol–water partition coefficient (Wildman–Crippen LogP) is 2.52. The molecule has 0 aromatic heterocycles. The molecule has 0 aliphatic heterocycles. The van der Waals surface area contributed by atoms with Gasteiger partial charge >= 0.3 is 12.1 Å². The number of hydrogen-bond acceptors (Lipinski definition) is 4. The maximum Gasteiger partial charge on any atom is 0.407 e. The Kier molecular flexibility index (Phi) is 6.02. The van der Waals surface area contributed by atoms with Crippen molar-refractivity contribution in [2.75, 3.05) is 6.61 Å². The van der Waals surface area contributed by atoms with Crippen molar-refractivity contribution in [3.63, 3.8) is 0 Å². The minimum absolute atomic E-state index is 0.00192. The first kappa shape index (κ1) is 17.3. The Morgan fingerprint density at radius 2 is 1.81 bits per heavy atom. The van der Waals surface area contributed by atoms with Crippen molar-refractivity contribution in [1.29, 1.82) is 0 Å². The number of para-hydroxylation sites is 1. The zero-order chi connectivity index (χ0) is 16.0. The zero-order valence-electron chi connectivity index (χ0n) is 11.8. The molecule has 0 spiro atoms. The molecule has 118 valence electrons. The van der Waals surface area contributed by atoms with Crippen LogP contribution in [0.5, 0.6) is 5.75 Å². The number of esters is 1. The molecule has 1 rings (SSSR count). The maximum absolute atomic E-state index is 12.7. The zero-order valence-corrected chi connectivity index (χ0v) is 11.8. The molecule has 0 saturated carbocycles. The van der Waals surface area contributed by atoms with Crippen molar-refractivity contribution in [1.82, 2.24) is 0 Å². The van der Waals surface area contributed by atoms with E-state index in [1.807, 2.05) is 0 Å². The SMILES string of the molecule is CC(C)COC(=O)[C@H](Oc1ccccc1)[C@@H](N)C(F)(F)F. The molecule has 4 nitrogen and oxygen atoms in total. The second-order valence-corrected chi connectivity index (χ2v) is 4.94. The van der Waals surface area contributed by atoms with Gasteiger partial charge in [0, 0.05) is 0 Å². The molecule has 0 unspecified atom stereocenters. The highest BCUT2D eigenvalue weighted by Crippen LogP contribution is 2.24. The van der Waals surface area contributed by atoms with E-state index in [0.717, 1.165) is 0 Å². The van der Waals surface area contributed by atoms with Gasteiger partial charge in [-0.15, -0.1) is 0 Å². The van der Waals surface area contributed by atoms with Gasteiger partial charge in [-0.1, -0.05) is 32.0 Å². The fourth-order valence-electron chi connectivity index (χ4n) is 1.42. The lowest BCUT2D eigenvalue weighted by atomic mass is 10.1. The molecule has 0 aliphatic rings. The quantitative estimate of drug-likeness (QED) is 0.820. The van der Waals surface area contributed by atoms with E-state index in [9.17, 15) is 18.0 Å². The van der Waals surface area contributed by atoms with Gasteiger partial charge in [-0.2, -0.15) is 13.2 Å². The lowest BCUT2D eigenvalue weighted by molar-refractivity contribution is -0.183. The number of halogens is 3. The van der Waals surface area contributed by atoms with Crippen LogP contribution in [0.15, 0.2) is 30.3 Å². The number of carbonyl (C=O) groups excluding carboxylic acids is 1. The molecule has 0 aliphatic carbocycles. The molecule has 1 aromatic rings. The van der Waals surface area contributed by atoms with Crippen LogP contribution in [0.25, 0.3) is 0 Å². The van der Waals surface area contributed by atoms with Crippen LogP contribution in [0.4, 0.5) is 13.2 Å². The monoisotopic (exact) mass is 305 g/mol. The second kappa shape index (κ2) is 7.31. The van der Waals surface area contributed by atoms with E-state index in [1.165, 1.54) is 12.1 Å². The number of alkyl halides is 3. The molecule has 21 heavy (non-hydrogen) atoms. The summed E-state index contributed by atoms with van der Waals surface area (Å²) < 4.78 is 48.1. The van der Waals surface area contributed by atoms with E-state index in [-0.39, 0.29) is 18.3 Å². The van der Waals surface area contributed by atoms with Crippen LogP contribution >= 0.6 is 0 Å². The molecule has 2 N–H and O–H groups in total. The van der Waals surface area contributed by atoms with Gasteiger partial charge in [-0.25, -0.2) is 4.79 Å². The van der Waals surface area contributed by atoms with Crippen LogP contribution in [0, 0.1) is 5.92 Å². The second-order valence-electron chi connectivity index (χ2n) is 4.94. The normalized spacial score (nSPS) is 14.6. The fraction of sp³-hybridized carbons (Fsp3) is 0.500. The van der Waals surface area contributed by atoms with Crippen LogP contribution in [-0.2, 0) is 9.53 Å². The highest BCUT2D eigenvalue weighted by Gasteiger charge is 2.47. The van der Waals surface area contributed by atoms with E-state index in [0.29, 0.717) is 0 Å². The van der Waals surface area contributed by atoms with E-state index in [4.69, 9.17) is 15.2 Å². The van der Waals surface area contributed by atoms with Crippen LogP contribution in [-0.4, -0.2) is 30.9 Å². The summed E-state index contributed by atoms with van der Waals surface area (Å²) in [7, 11) is 0. The van der Waals surface area contributed by atoms with Gasteiger partial charge in [0.1, 0.15) is 11.8 Å². The van der Waals surface area contributed by atoms with E-state index in [2.05, 4.69) is 0 Å². The fourth-order valence-corrected chi connectivity index (χ4v) is 1.42. The smallest absolute Gasteiger partial charge is 0.407 e. The third kappa shape index (κ3) is 5.63. The number of benzene rings is 1. The summed E-state index contributed by atoms with van der Waals surface area (Å²) in [6, 6.07) is 5.23. The number of nitrogens with two attached hydrogens (primary N) is 1. The van der Waals surface area contributed by atoms with Gasteiger partial charge < -0.3 is 15.2 Å². The van der Waals surface area contributed by atoms with Crippen LogP contribution in [0.3, 0.4) is 0 Å². The summed E-state index contributed by atoms with van der Waals surface area (Å²) in [4.78, 5) is 11.8. The van der Waals surface area contributed by atoms with Crippen molar-refractivity contribution < 1.29 is 27.4 Å². The van der Waals surface area contributed by atoms with Crippen molar-refractivity contribution >= 4 is 5.97 Å². The molecular weight excluding hydrogens is 287 g/mol. The Balaban J connectivity index is 2.86. The number of rotatable bonds is 6. The number of hydrogen-bond donors (Lipinski definition) is 1. The average molecular weight is 305 g/mol. The third-order valence-electron chi connectivity index (χ3n) is 2.50. The Morgan fingerprint density at radius 3 is 2.29 bits per heavy atom. The molecule has 0 heterocycles. The van der Waals surface area contributed by atoms with Crippen LogP contribution < -0.4 is 10.5 Å². The summed E-state index contributed by atoms with van der Waals surface area (Å²) in [5.74, 6) is -1.02. The standard InChI is InChI=1S/C14H18F3NO3/c1-9(2)8-20-13(19)11(12(18)14(15,16)17)21-10-6-4-3-5-7-10/h3-7,9,11-12H,8,18H2,1-2H3/t11-,12-/m1/s1. The first-order valence-electron chi connectivity index (χ1n) is 6.42. The van der Waals surface area contributed by atoms with E-state index in [1.54, 1.807) is 32.0 Å². The van der Waals surface area contributed by atoms with Crippen molar-refractivity contribution in [2.45, 2.75) is 32.2 Å². The highest BCUT2D eigenvalue weighted by molar-refractivity contribution is 5.76. The number of ether oxygens (including phenoxy) is 2. The molecule has 0 bridgehead atoms. The van der Waals surface area contributed by atoms with Crippen LogP contribution in [0.2, 0.25) is 0 Å². The Bertz CT molecular complexity index is 449. The molecule has 1 aromatic carbocycles. The third-order valence-corrected chi connectivity index (χ3v) is 2.50. The average Bonchev–Trinajstić information content (AvgIpc) is 2.41. The van der Waals surface area contributed by atoms with Crippen molar-refractivity contribution in [3.05, 3.63) is 30.3 Å². The van der Waals surface area contributed by atoms with Crippen molar-refractivity contribution in [2.24, 2.45) is 11.7 Å². The molecule has 2 atom stereocenters. The molecular formula is C14H18F3NO3. The predicted molar refractivity (Wildman–Crippen MR) is 70.7 cm³/mol. The minimum Gasteiger partial charge on any atom is -0.477 e. The molecule has 7 heteroatoms. The van der Waals surface area contributed by atoms with Gasteiger partial charge in [-0.3, -0.25) is 0 Å². The van der Waals surface area contributed by atoms with Crippen molar-refractivity contribution in [3.8, 4) is 5.75 Å². The summed E-state index contributed by atoms with van der Waals surface area (Å²) in [5.41, 5.74) is 5.10. The van der Waals surface area contributed by atoms with Gasteiger partial charge in [0.15, 0.2) is 0 Å². The molecule has 0 amide bonds. The molecule has 0 fully saturated rings. The van der Waals surface area contributed by atoms with Crippen LogP contribution in [0.1, 0.15) is 13.8 Å². The Labute approximate surface area is 121 Å². The van der Waals surface area contributed by atoms with E-state index < -0.39 is 24.3 Å². The maximum atomic E-state index is 12.7. The van der Waals surface area contributed by atoms with Gasteiger partial charge in [0.05, 0.1) is 6.61 Å². The van der Waals surface area contributed by atoms with Gasteiger partial charge in [0.25, 0.3) is 0 Å². The van der Waals surface area contributed by atoms with Gasteiger partial charge in [-0.05, 0) is 18.1 Å². The molecule has 0 saturated heterocycles.